The summed E-state index contributed by atoms with van der Waals surface area (Å²) in [5.41, 5.74) is 0.637. The summed E-state index contributed by atoms with van der Waals surface area (Å²) < 4.78 is 0. The van der Waals surface area contributed by atoms with Gasteiger partial charge < -0.3 is 20.1 Å². The van der Waals surface area contributed by atoms with Crippen molar-refractivity contribution in [1.82, 2.24) is 20.1 Å². The van der Waals surface area contributed by atoms with Crippen molar-refractivity contribution >= 4 is 17.7 Å². The molecule has 7 heteroatoms. The van der Waals surface area contributed by atoms with Crippen molar-refractivity contribution in [3.8, 4) is 0 Å². The van der Waals surface area contributed by atoms with Gasteiger partial charge in [-0.15, -0.1) is 0 Å². The molecular weight excluding hydrogens is 272 g/mol. The van der Waals surface area contributed by atoms with Crippen molar-refractivity contribution < 1.29 is 14.4 Å². The van der Waals surface area contributed by atoms with E-state index in [9.17, 15) is 14.4 Å². The molecule has 1 aromatic heterocycles. The van der Waals surface area contributed by atoms with E-state index in [-0.39, 0.29) is 23.8 Å². The Morgan fingerprint density at radius 2 is 1.86 bits per heavy atom. The van der Waals surface area contributed by atoms with Gasteiger partial charge in [0.25, 0.3) is 5.91 Å². The van der Waals surface area contributed by atoms with Gasteiger partial charge in [-0.3, -0.25) is 14.4 Å². The van der Waals surface area contributed by atoms with E-state index < -0.39 is 0 Å². The van der Waals surface area contributed by atoms with Crippen molar-refractivity contribution in [1.29, 1.82) is 0 Å². The second kappa shape index (κ2) is 5.59. The molecule has 3 rings (SSSR count). The Bertz CT molecular complexity index is 547. The van der Waals surface area contributed by atoms with Gasteiger partial charge in [-0.1, -0.05) is 0 Å². The third-order valence-electron chi connectivity index (χ3n) is 4.02. The molecule has 2 aliphatic heterocycles. The summed E-state index contributed by atoms with van der Waals surface area (Å²) >= 11 is 0. The zero-order chi connectivity index (χ0) is 14.8. The fourth-order valence-corrected chi connectivity index (χ4v) is 2.79. The zero-order valence-corrected chi connectivity index (χ0v) is 11.7. The molecule has 0 radical (unpaired) electrons. The molecule has 112 valence electrons. The number of aromatic amines is 1. The number of carbonyl (C=O) groups excluding carboxylic acids is 3. The highest BCUT2D eigenvalue weighted by atomic mass is 16.2. The highest BCUT2D eigenvalue weighted by molar-refractivity contribution is 5.94. The number of hydrogen-bond acceptors (Lipinski definition) is 3. The number of H-pyrrole nitrogens is 1. The van der Waals surface area contributed by atoms with Gasteiger partial charge in [0.05, 0.1) is 5.56 Å². The van der Waals surface area contributed by atoms with Crippen molar-refractivity contribution in [2.24, 2.45) is 0 Å². The van der Waals surface area contributed by atoms with Gasteiger partial charge in [0, 0.05) is 45.0 Å². The molecule has 0 aromatic carbocycles. The van der Waals surface area contributed by atoms with E-state index in [0.29, 0.717) is 44.6 Å². The molecule has 0 aliphatic carbocycles. The van der Waals surface area contributed by atoms with Crippen LogP contribution in [0.4, 0.5) is 0 Å². The Morgan fingerprint density at radius 3 is 2.43 bits per heavy atom. The average Bonchev–Trinajstić information content (AvgIpc) is 3.17. The highest BCUT2D eigenvalue weighted by Gasteiger charge is 2.33. The SMILES string of the molecule is O=C1CCC(C(=O)N2CCN(C(=O)c3cc[nH]c3)CC2)N1. The van der Waals surface area contributed by atoms with Crippen LogP contribution in [0.25, 0.3) is 0 Å². The fourth-order valence-electron chi connectivity index (χ4n) is 2.79. The monoisotopic (exact) mass is 290 g/mol. The van der Waals surface area contributed by atoms with E-state index in [0.717, 1.165) is 0 Å². The molecule has 2 aliphatic rings. The Morgan fingerprint density at radius 1 is 1.14 bits per heavy atom. The van der Waals surface area contributed by atoms with E-state index in [1.807, 2.05) is 0 Å². The molecule has 21 heavy (non-hydrogen) atoms. The van der Waals surface area contributed by atoms with Crippen LogP contribution in [0.2, 0.25) is 0 Å². The number of rotatable bonds is 2. The summed E-state index contributed by atoms with van der Waals surface area (Å²) in [4.78, 5) is 42.0. The molecule has 1 unspecified atom stereocenters. The predicted octanol–water partition coefficient (Wildman–Crippen LogP) is -0.422. The predicted molar refractivity (Wildman–Crippen MR) is 74.4 cm³/mol. The van der Waals surface area contributed by atoms with Crippen LogP contribution in [0.1, 0.15) is 23.2 Å². The Balaban J connectivity index is 1.54. The lowest BCUT2D eigenvalue weighted by Gasteiger charge is -2.35. The number of hydrogen-bond donors (Lipinski definition) is 2. The third-order valence-corrected chi connectivity index (χ3v) is 4.02. The lowest BCUT2D eigenvalue weighted by Crippen LogP contribution is -2.54. The molecule has 3 heterocycles. The summed E-state index contributed by atoms with van der Waals surface area (Å²) in [6, 6.07) is 1.36. The van der Waals surface area contributed by atoms with Gasteiger partial charge in [-0.05, 0) is 12.5 Å². The number of amides is 3. The summed E-state index contributed by atoms with van der Waals surface area (Å²) in [7, 11) is 0. The first-order valence-electron chi connectivity index (χ1n) is 7.15. The smallest absolute Gasteiger partial charge is 0.255 e. The van der Waals surface area contributed by atoms with Gasteiger partial charge in [-0.2, -0.15) is 0 Å². The molecule has 0 bridgehead atoms. The van der Waals surface area contributed by atoms with Crippen LogP contribution in [-0.2, 0) is 9.59 Å². The van der Waals surface area contributed by atoms with Crippen LogP contribution in [0.15, 0.2) is 18.5 Å². The standard InChI is InChI=1S/C14H18N4O3/c19-12-2-1-11(16-12)14(21)18-7-5-17(6-8-18)13(20)10-3-4-15-9-10/h3-4,9,11,15H,1-2,5-8H2,(H,16,19). The lowest BCUT2D eigenvalue weighted by atomic mass is 10.1. The average molecular weight is 290 g/mol. The van der Waals surface area contributed by atoms with Gasteiger partial charge in [0.15, 0.2) is 0 Å². The molecule has 1 atom stereocenters. The van der Waals surface area contributed by atoms with E-state index in [1.54, 1.807) is 28.3 Å². The first kappa shape index (κ1) is 13.7. The normalized spacial score (nSPS) is 22.3. The number of nitrogens with one attached hydrogen (secondary N) is 2. The van der Waals surface area contributed by atoms with Gasteiger partial charge in [-0.25, -0.2) is 0 Å². The Hall–Kier alpha value is -2.31. The molecule has 3 amide bonds. The lowest BCUT2D eigenvalue weighted by molar-refractivity contribution is -0.135. The summed E-state index contributed by atoms with van der Waals surface area (Å²) in [6.07, 6.45) is 4.38. The number of piperazine rings is 1. The highest BCUT2D eigenvalue weighted by Crippen LogP contribution is 2.13. The van der Waals surface area contributed by atoms with E-state index >= 15 is 0 Å². The molecule has 0 saturated carbocycles. The Labute approximate surface area is 122 Å². The first-order chi connectivity index (χ1) is 10.1. The van der Waals surface area contributed by atoms with Gasteiger partial charge in [0.2, 0.25) is 11.8 Å². The number of aromatic nitrogens is 1. The minimum Gasteiger partial charge on any atom is -0.367 e. The zero-order valence-electron chi connectivity index (χ0n) is 11.7. The second-order valence-corrected chi connectivity index (χ2v) is 5.38. The summed E-state index contributed by atoms with van der Waals surface area (Å²) in [6.45, 7) is 2.08. The van der Waals surface area contributed by atoms with Crippen molar-refractivity contribution in [2.75, 3.05) is 26.2 Å². The van der Waals surface area contributed by atoms with E-state index in [1.165, 1.54) is 0 Å². The second-order valence-electron chi connectivity index (χ2n) is 5.38. The molecule has 2 N–H and O–H groups in total. The van der Waals surface area contributed by atoms with Crippen LogP contribution >= 0.6 is 0 Å². The molecule has 1 aromatic rings. The van der Waals surface area contributed by atoms with Gasteiger partial charge >= 0.3 is 0 Å². The van der Waals surface area contributed by atoms with Crippen molar-refractivity contribution in [2.45, 2.75) is 18.9 Å². The maximum Gasteiger partial charge on any atom is 0.255 e. The van der Waals surface area contributed by atoms with Crippen LogP contribution < -0.4 is 5.32 Å². The fraction of sp³-hybridized carbons (Fsp3) is 0.500. The third kappa shape index (κ3) is 2.76. The minimum absolute atomic E-state index is 0.0162. The maximum absolute atomic E-state index is 12.3. The largest absolute Gasteiger partial charge is 0.367 e. The molecule has 0 spiro atoms. The topological polar surface area (TPSA) is 85.5 Å². The quantitative estimate of drug-likeness (QED) is 0.775. The molecule has 7 nitrogen and oxygen atoms in total. The number of carbonyl (C=O) groups is 3. The molecular formula is C14H18N4O3. The Kier molecular flexibility index (Phi) is 3.64. The summed E-state index contributed by atoms with van der Waals surface area (Å²) in [5, 5.41) is 2.69. The van der Waals surface area contributed by atoms with Crippen LogP contribution in [0.3, 0.4) is 0 Å². The molecule has 2 saturated heterocycles. The van der Waals surface area contributed by atoms with Gasteiger partial charge in [0.1, 0.15) is 6.04 Å². The number of nitrogens with zero attached hydrogens (tertiary/aromatic N) is 2. The maximum atomic E-state index is 12.3. The van der Waals surface area contributed by atoms with Crippen LogP contribution in [0, 0.1) is 0 Å². The minimum atomic E-state index is -0.385. The molecule has 2 fully saturated rings. The van der Waals surface area contributed by atoms with Crippen molar-refractivity contribution in [3.63, 3.8) is 0 Å². The van der Waals surface area contributed by atoms with Crippen LogP contribution in [0.5, 0.6) is 0 Å². The van der Waals surface area contributed by atoms with Crippen LogP contribution in [-0.4, -0.2) is 64.7 Å². The summed E-state index contributed by atoms with van der Waals surface area (Å²) in [5.74, 6) is -0.110. The van der Waals surface area contributed by atoms with E-state index in [2.05, 4.69) is 10.3 Å². The van der Waals surface area contributed by atoms with Crippen molar-refractivity contribution in [3.05, 3.63) is 24.0 Å². The first-order valence-corrected chi connectivity index (χ1v) is 7.15. The van der Waals surface area contributed by atoms with E-state index in [4.69, 9.17) is 0 Å².